The molecule has 62 heavy (non-hydrogen) atoms. The molecule has 13 heteroatoms. The number of carbonyl (C=O) groups excluding carboxylic acids is 2. The van der Waals surface area contributed by atoms with Gasteiger partial charge in [0.15, 0.2) is 11.6 Å². The predicted molar refractivity (Wildman–Crippen MR) is 229 cm³/mol. The Morgan fingerprint density at radius 1 is 0.629 bits per heavy atom. The maximum Gasteiger partial charge on any atom is 0.309 e. The number of hydrogen-bond acceptors (Lipinski definition) is 13. The van der Waals surface area contributed by atoms with Crippen LogP contribution in [0.1, 0.15) is 96.9 Å². The summed E-state index contributed by atoms with van der Waals surface area (Å²) in [5.41, 5.74) is 1.62. The molecule has 5 aliphatic heterocycles. The largest absolute Gasteiger partial charge is 0.506 e. The van der Waals surface area contributed by atoms with Gasteiger partial charge in [0.2, 0.25) is 0 Å². The molecule has 13 nitrogen and oxygen atoms in total. The smallest absolute Gasteiger partial charge is 0.309 e. The van der Waals surface area contributed by atoms with Crippen LogP contribution in [0.3, 0.4) is 0 Å². The zero-order chi connectivity index (χ0) is 42.1. The molecule has 7 heterocycles. The fraction of sp³-hybridized carbons (Fsp3) is 0.673. The van der Waals surface area contributed by atoms with Gasteiger partial charge in [0.05, 0.1) is 62.0 Å². The van der Waals surface area contributed by atoms with Crippen LogP contribution in [0, 0.1) is 59.2 Å². The first-order valence-corrected chi connectivity index (χ1v) is 22.8. The summed E-state index contributed by atoms with van der Waals surface area (Å²) < 4.78 is 40.1. The van der Waals surface area contributed by atoms with Gasteiger partial charge >= 0.3 is 11.9 Å². The minimum Gasteiger partial charge on any atom is -0.506 e. The van der Waals surface area contributed by atoms with Crippen LogP contribution in [0.2, 0.25) is 0 Å². The topological polar surface area (TPSA) is 165 Å². The number of carbonyl (C=O) groups is 2. The molecular formula is C49H66N2O11. The van der Waals surface area contributed by atoms with Gasteiger partial charge in [-0.15, -0.1) is 0 Å². The molecule has 2 aromatic rings. The summed E-state index contributed by atoms with van der Waals surface area (Å²) in [6, 6.07) is 6.89. The van der Waals surface area contributed by atoms with E-state index in [1.807, 2.05) is 26.0 Å². The summed E-state index contributed by atoms with van der Waals surface area (Å²) in [4.78, 5) is 33.6. The number of cyclic esters (lactones) is 2. The van der Waals surface area contributed by atoms with Crippen LogP contribution < -0.4 is 0 Å². The molecule has 2 N–H and O–H groups in total. The first kappa shape index (κ1) is 44.7. The molecule has 0 aromatic carbocycles. The maximum absolute atomic E-state index is 12.5. The maximum atomic E-state index is 12.5. The van der Waals surface area contributed by atoms with Gasteiger partial charge in [-0.05, 0) is 124 Å². The molecule has 0 bridgehead atoms. The van der Waals surface area contributed by atoms with E-state index in [1.54, 1.807) is 24.3 Å². The highest BCUT2D eigenvalue weighted by molar-refractivity contribution is 5.76. The van der Waals surface area contributed by atoms with Crippen molar-refractivity contribution in [3.8, 4) is 11.5 Å². The average molecular weight is 859 g/mol. The molecule has 2 spiro atoms. The van der Waals surface area contributed by atoms with Crippen LogP contribution in [0.25, 0.3) is 12.2 Å². The van der Waals surface area contributed by atoms with Crippen LogP contribution in [-0.2, 0) is 42.7 Å². The lowest BCUT2D eigenvalue weighted by molar-refractivity contribution is -0.205. The molecule has 9 aliphatic rings. The third-order valence-electron chi connectivity index (χ3n) is 15.3. The number of hydrogen-bond donors (Lipinski definition) is 2. The van der Waals surface area contributed by atoms with Crippen LogP contribution in [0.4, 0.5) is 0 Å². The molecule has 0 radical (unpaired) electrons. The van der Waals surface area contributed by atoms with Gasteiger partial charge in [-0.2, -0.15) is 0 Å². The average Bonchev–Trinajstić information content (AvgIpc) is 4.13. The quantitative estimate of drug-likeness (QED) is 0.287. The number of aromatic nitrogens is 2. The number of rotatable bonds is 4. The van der Waals surface area contributed by atoms with Crippen LogP contribution in [0.15, 0.2) is 48.8 Å². The highest BCUT2D eigenvalue weighted by atomic mass is 16.7. The summed E-state index contributed by atoms with van der Waals surface area (Å²) in [7, 11) is 0. The number of pyridine rings is 2. The molecule has 2 aromatic heterocycles. The molecule has 12 atom stereocenters. The van der Waals surface area contributed by atoms with Crippen molar-refractivity contribution < 1.29 is 53.0 Å². The number of nitrogens with zero attached hydrogens (tertiary/aromatic N) is 2. The van der Waals surface area contributed by atoms with Crippen molar-refractivity contribution in [2.75, 3.05) is 39.6 Å². The lowest BCUT2D eigenvalue weighted by Gasteiger charge is -2.49. The molecule has 4 aliphatic carbocycles. The molecule has 0 amide bonds. The van der Waals surface area contributed by atoms with E-state index < -0.39 is 11.6 Å². The van der Waals surface area contributed by atoms with Gasteiger partial charge in [-0.1, -0.05) is 19.6 Å². The van der Waals surface area contributed by atoms with Crippen LogP contribution in [0.5, 0.6) is 11.5 Å². The molecule has 0 unspecified atom stereocenters. The Balaban J connectivity index is 0.000000151. The van der Waals surface area contributed by atoms with E-state index in [9.17, 15) is 19.8 Å². The summed E-state index contributed by atoms with van der Waals surface area (Å²) in [6.45, 7) is 8.71. The number of ether oxygens (including phenoxy) is 7. The van der Waals surface area contributed by atoms with E-state index in [0.29, 0.717) is 50.1 Å². The first-order valence-electron chi connectivity index (χ1n) is 22.8. The highest BCUT2D eigenvalue weighted by Gasteiger charge is 2.59. The van der Waals surface area contributed by atoms with Crippen molar-refractivity contribution in [1.82, 2.24) is 9.97 Å². The van der Waals surface area contributed by atoms with Gasteiger partial charge in [0.25, 0.3) is 0 Å². The Morgan fingerprint density at radius 3 is 1.40 bits per heavy atom. The van der Waals surface area contributed by atoms with E-state index in [-0.39, 0.29) is 78.6 Å². The van der Waals surface area contributed by atoms with Gasteiger partial charge in [-0.25, -0.2) is 0 Å². The Kier molecular flexibility index (Phi) is 13.8. The predicted octanol–water partition coefficient (Wildman–Crippen LogP) is 7.75. The van der Waals surface area contributed by atoms with Crippen molar-refractivity contribution in [1.29, 1.82) is 0 Å². The van der Waals surface area contributed by atoms with Crippen molar-refractivity contribution in [2.45, 2.75) is 109 Å². The fourth-order valence-electron chi connectivity index (χ4n) is 12.6. The summed E-state index contributed by atoms with van der Waals surface area (Å²) in [6.07, 6.45) is 21.2. The molecular weight excluding hydrogens is 793 g/mol. The first-order chi connectivity index (χ1) is 29.6. The SMILES string of the molecule is C.C1CCOC1.C[C@H]1OC(=O)[C@@H]2C[C@@H]3CC4(CC[C@H]3[C@H](/C=C/c3ccc(O)cn3)[C@H]12)OCCO4.C[C@H]1OC(=O)[C@@H]2C[C@@H]3CC4(CC[C@H]3[C@H](/C=C/c3ccc(O)cn3)[C@H]12)OCCO4. The van der Waals surface area contributed by atoms with Crippen LogP contribution in [-0.4, -0.2) is 95.5 Å². The monoisotopic (exact) mass is 858 g/mol. The second kappa shape index (κ2) is 19.1. The molecule has 11 rings (SSSR count). The zero-order valence-electron chi connectivity index (χ0n) is 35.5. The summed E-state index contributed by atoms with van der Waals surface area (Å²) in [5.74, 6) is 1.98. The summed E-state index contributed by atoms with van der Waals surface area (Å²) in [5, 5.41) is 18.9. The van der Waals surface area contributed by atoms with Gasteiger partial charge in [0, 0.05) is 50.7 Å². The van der Waals surface area contributed by atoms with Crippen molar-refractivity contribution in [3.63, 3.8) is 0 Å². The van der Waals surface area contributed by atoms with Crippen molar-refractivity contribution in [3.05, 3.63) is 60.2 Å². The zero-order valence-corrected chi connectivity index (χ0v) is 35.5. The number of esters is 2. The van der Waals surface area contributed by atoms with E-state index in [0.717, 1.165) is 76.0 Å². The Bertz CT molecular complexity index is 1750. The third-order valence-corrected chi connectivity index (χ3v) is 15.3. The highest BCUT2D eigenvalue weighted by Crippen LogP contribution is 2.58. The van der Waals surface area contributed by atoms with Gasteiger partial charge < -0.3 is 43.4 Å². The molecule has 5 saturated heterocycles. The summed E-state index contributed by atoms with van der Waals surface area (Å²) >= 11 is 0. The van der Waals surface area contributed by atoms with E-state index in [2.05, 4.69) is 22.1 Å². The van der Waals surface area contributed by atoms with Crippen molar-refractivity contribution >= 4 is 24.1 Å². The Morgan fingerprint density at radius 2 is 1.05 bits per heavy atom. The van der Waals surface area contributed by atoms with Gasteiger partial charge in [-0.3, -0.25) is 19.6 Å². The normalized spacial score (nSPS) is 37.3. The minimum absolute atomic E-state index is 0. The van der Waals surface area contributed by atoms with E-state index >= 15 is 0 Å². The standard InChI is InChI=1S/2C22H27NO5.C4H8O.CH4/c2*1-13-20-18(5-3-15-2-4-16(24)12-23-15)17-6-7-22(26-8-9-27-22)11-14(17)10-19(20)21(25)28-13;1-2-4-5-3-1;/h2*2-5,12-14,17-20,24H,6-11H2,1H3;1-4H2;1H4/b2*5-3+;;/t2*13-,14-,17-,18+,19-,20+;;/m11../s1. The third kappa shape index (κ3) is 9.34. The van der Waals surface area contributed by atoms with E-state index in [4.69, 9.17) is 33.2 Å². The second-order valence-electron chi connectivity index (χ2n) is 18.7. The lowest BCUT2D eigenvalue weighted by Crippen LogP contribution is -2.49. The van der Waals surface area contributed by atoms with Crippen molar-refractivity contribution in [2.24, 2.45) is 59.2 Å². The number of fused-ring (bicyclic) bond motifs is 4. The van der Waals surface area contributed by atoms with Gasteiger partial charge in [0.1, 0.15) is 23.7 Å². The number of aromatic hydroxyl groups is 2. The lowest BCUT2D eigenvalue weighted by atomic mass is 9.56. The molecule has 4 saturated carbocycles. The fourth-order valence-corrected chi connectivity index (χ4v) is 12.6. The number of allylic oxidation sites excluding steroid dienone is 2. The molecule has 9 fully saturated rings. The minimum atomic E-state index is -0.436. The van der Waals surface area contributed by atoms with E-state index in [1.165, 1.54) is 25.2 Å². The Labute approximate surface area is 365 Å². The van der Waals surface area contributed by atoms with Crippen LogP contribution >= 0.6 is 0 Å². The molecule has 338 valence electrons. The Hall–Kier alpha value is -3.88. The second-order valence-corrected chi connectivity index (χ2v) is 18.7.